The van der Waals surface area contributed by atoms with Crippen LogP contribution in [0.2, 0.25) is 0 Å². The Morgan fingerprint density at radius 3 is 2.31 bits per heavy atom. The van der Waals surface area contributed by atoms with Crippen LogP contribution in [0.4, 0.5) is 10.1 Å². The first-order chi connectivity index (χ1) is 11.9. The van der Waals surface area contributed by atoms with Crippen molar-refractivity contribution in [2.24, 2.45) is 0 Å². The summed E-state index contributed by atoms with van der Waals surface area (Å²) in [5, 5.41) is 2.65. The zero-order valence-corrected chi connectivity index (χ0v) is 15.1. The lowest BCUT2D eigenvalue weighted by Gasteiger charge is -2.29. The largest absolute Gasteiger partial charge is 0.456 e. The van der Waals surface area contributed by atoms with E-state index in [4.69, 9.17) is 14.2 Å². The minimum atomic E-state index is -1.34. The van der Waals surface area contributed by atoms with Crippen LogP contribution in [0.5, 0.6) is 0 Å². The highest BCUT2D eigenvalue weighted by Gasteiger charge is 2.39. The van der Waals surface area contributed by atoms with Crippen molar-refractivity contribution in [1.82, 2.24) is 0 Å². The molecule has 0 unspecified atom stereocenters. The molecular weight excluding hydrogens is 345 g/mol. The Morgan fingerprint density at radius 1 is 1.19 bits per heavy atom. The number of anilines is 1. The molecule has 0 spiro atoms. The van der Waals surface area contributed by atoms with Gasteiger partial charge in [0.05, 0.1) is 5.56 Å². The molecule has 1 aromatic carbocycles. The van der Waals surface area contributed by atoms with Crippen molar-refractivity contribution >= 4 is 23.6 Å². The number of benzene rings is 1. The van der Waals surface area contributed by atoms with E-state index in [0.717, 1.165) is 12.3 Å². The van der Waals surface area contributed by atoms with Crippen LogP contribution in [-0.4, -0.2) is 29.3 Å². The molecule has 0 atom stereocenters. The van der Waals surface area contributed by atoms with Crippen molar-refractivity contribution in [3.05, 3.63) is 41.4 Å². The van der Waals surface area contributed by atoms with Crippen LogP contribution in [-0.2, 0) is 23.8 Å². The van der Waals surface area contributed by atoms with Crippen LogP contribution in [0.25, 0.3) is 0 Å². The Bertz CT molecular complexity index is 769. The Morgan fingerprint density at radius 2 is 1.77 bits per heavy atom. The maximum absolute atomic E-state index is 13.9. The first-order valence-corrected chi connectivity index (χ1v) is 7.84. The molecule has 8 heteroatoms. The molecule has 0 radical (unpaired) electrons. The van der Waals surface area contributed by atoms with Crippen LogP contribution in [0.1, 0.15) is 45.0 Å². The lowest BCUT2D eigenvalue weighted by molar-refractivity contribution is -0.222. The van der Waals surface area contributed by atoms with Gasteiger partial charge in [-0.1, -0.05) is 0 Å². The maximum atomic E-state index is 13.9. The molecule has 140 valence electrons. The predicted octanol–water partition coefficient (Wildman–Crippen LogP) is 2.91. The van der Waals surface area contributed by atoms with Crippen molar-refractivity contribution in [2.45, 2.75) is 46.0 Å². The molecule has 0 saturated carbocycles. The molecule has 1 saturated heterocycles. The number of carbonyl (C=O) groups is 3. The Labute approximate surface area is 150 Å². The van der Waals surface area contributed by atoms with Gasteiger partial charge in [0.2, 0.25) is 0 Å². The van der Waals surface area contributed by atoms with E-state index < -0.39 is 35.1 Å². The second-order valence-corrected chi connectivity index (χ2v) is 7.08. The number of carbonyl (C=O) groups excluding carboxylic acids is 3. The van der Waals surface area contributed by atoms with E-state index in [0.29, 0.717) is 0 Å². The fourth-order valence-electron chi connectivity index (χ4n) is 2.04. The topological polar surface area (TPSA) is 90.9 Å². The molecular formula is C18H20FNO6. The van der Waals surface area contributed by atoms with Gasteiger partial charge >= 0.3 is 17.9 Å². The summed E-state index contributed by atoms with van der Waals surface area (Å²) in [5.74, 6) is -4.63. The van der Waals surface area contributed by atoms with Crippen molar-refractivity contribution in [2.75, 3.05) is 5.32 Å². The molecule has 1 aromatic rings. The molecule has 26 heavy (non-hydrogen) atoms. The third kappa shape index (κ3) is 4.81. The first kappa shape index (κ1) is 19.4. The van der Waals surface area contributed by atoms with Gasteiger partial charge in [-0.25, -0.2) is 18.8 Å². The van der Waals surface area contributed by atoms with Crippen LogP contribution >= 0.6 is 0 Å². The van der Waals surface area contributed by atoms with Gasteiger partial charge in [-0.2, -0.15) is 0 Å². The highest BCUT2D eigenvalue weighted by atomic mass is 19.1. The Kier molecular flexibility index (Phi) is 5.06. The smallest absolute Gasteiger partial charge is 0.350 e. The molecule has 0 bridgehead atoms. The summed E-state index contributed by atoms with van der Waals surface area (Å²) in [4.78, 5) is 35.8. The van der Waals surface area contributed by atoms with Gasteiger partial charge in [-0.05, 0) is 39.0 Å². The SMILES string of the molecule is CC(C)(C)OC(=O)c1cc(NC=C2C(=O)OC(C)(C)OC2=O)ccc1F. The zero-order chi connectivity index (χ0) is 19.7. The van der Waals surface area contributed by atoms with Crippen molar-refractivity contribution in [3.8, 4) is 0 Å². The van der Waals surface area contributed by atoms with Crippen molar-refractivity contribution in [1.29, 1.82) is 0 Å². The molecule has 2 rings (SSSR count). The summed E-state index contributed by atoms with van der Waals surface area (Å²) in [5.41, 5.74) is -1.15. The highest BCUT2D eigenvalue weighted by Crippen LogP contribution is 2.23. The minimum Gasteiger partial charge on any atom is -0.456 e. The normalized spacial score (nSPS) is 16.5. The fourth-order valence-corrected chi connectivity index (χ4v) is 2.04. The number of nitrogens with one attached hydrogen (secondary N) is 1. The van der Waals surface area contributed by atoms with E-state index in [1.165, 1.54) is 26.0 Å². The number of hydrogen-bond donors (Lipinski definition) is 1. The molecule has 1 aliphatic rings. The Balaban J connectivity index is 2.21. The van der Waals surface area contributed by atoms with Crippen LogP contribution in [0, 0.1) is 5.82 Å². The van der Waals surface area contributed by atoms with Gasteiger partial charge in [0.25, 0.3) is 5.79 Å². The summed E-state index contributed by atoms with van der Waals surface area (Å²) < 4.78 is 29.0. The van der Waals surface area contributed by atoms with Crippen LogP contribution in [0.3, 0.4) is 0 Å². The molecule has 1 heterocycles. The van der Waals surface area contributed by atoms with Gasteiger partial charge in [0.15, 0.2) is 5.57 Å². The summed E-state index contributed by atoms with van der Waals surface area (Å²) in [6, 6.07) is 3.62. The average Bonchev–Trinajstić information content (AvgIpc) is 2.44. The van der Waals surface area contributed by atoms with Crippen molar-refractivity contribution in [3.63, 3.8) is 0 Å². The zero-order valence-electron chi connectivity index (χ0n) is 15.1. The number of esters is 3. The van der Waals surface area contributed by atoms with Gasteiger partial charge < -0.3 is 19.5 Å². The predicted molar refractivity (Wildman–Crippen MR) is 89.5 cm³/mol. The van der Waals surface area contributed by atoms with Gasteiger partial charge in [-0.3, -0.25) is 0 Å². The maximum Gasteiger partial charge on any atom is 0.350 e. The molecule has 1 N–H and O–H groups in total. The van der Waals surface area contributed by atoms with Crippen LogP contribution in [0.15, 0.2) is 30.0 Å². The summed E-state index contributed by atoms with van der Waals surface area (Å²) in [6.45, 7) is 7.85. The summed E-state index contributed by atoms with van der Waals surface area (Å²) in [6.07, 6.45) is 1.08. The van der Waals surface area contributed by atoms with Gasteiger partial charge in [-0.15, -0.1) is 0 Å². The molecule has 0 amide bonds. The summed E-state index contributed by atoms with van der Waals surface area (Å²) >= 11 is 0. The standard InChI is InChI=1S/C18H20FNO6/c1-17(2,3)24-14(21)11-8-10(6-7-13(11)19)20-9-12-15(22)25-18(4,5)26-16(12)23/h6-9,20H,1-5H3. The van der Waals surface area contributed by atoms with Crippen molar-refractivity contribution < 1.29 is 33.0 Å². The number of rotatable bonds is 3. The van der Waals surface area contributed by atoms with E-state index in [1.807, 2.05) is 0 Å². The second kappa shape index (κ2) is 6.78. The highest BCUT2D eigenvalue weighted by molar-refractivity contribution is 6.15. The lowest BCUT2D eigenvalue weighted by atomic mass is 10.1. The number of hydrogen-bond acceptors (Lipinski definition) is 7. The third-order valence-electron chi connectivity index (χ3n) is 3.09. The quantitative estimate of drug-likeness (QED) is 0.500. The van der Waals surface area contributed by atoms with Crippen LogP contribution < -0.4 is 5.32 Å². The Hall–Kier alpha value is -2.90. The number of ether oxygens (including phenoxy) is 3. The minimum absolute atomic E-state index is 0.269. The fraction of sp³-hybridized carbons (Fsp3) is 0.389. The van der Waals surface area contributed by atoms with Gasteiger partial charge in [0, 0.05) is 25.7 Å². The number of cyclic esters (lactones) is 2. The number of halogens is 1. The van der Waals surface area contributed by atoms with E-state index in [1.54, 1.807) is 20.8 Å². The molecule has 1 fully saturated rings. The van der Waals surface area contributed by atoms with E-state index in [9.17, 15) is 18.8 Å². The summed E-state index contributed by atoms with van der Waals surface area (Å²) in [7, 11) is 0. The van der Waals surface area contributed by atoms with E-state index in [2.05, 4.69) is 5.32 Å². The average molecular weight is 365 g/mol. The second-order valence-electron chi connectivity index (χ2n) is 7.08. The van der Waals surface area contributed by atoms with E-state index in [-0.39, 0.29) is 16.8 Å². The monoisotopic (exact) mass is 365 g/mol. The molecule has 7 nitrogen and oxygen atoms in total. The molecule has 1 aliphatic heterocycles. The molecule has 0 aromatic heterocycles. The van der Waals surface area contributed by atoms with E-state index >= 15 is 0 Å². The first-order valence-electron chi connectivity index (χ1n) is 7.84. The molecule has 0 aliphatic carbocycles. The third-order valence-corrected chi connectivity index (χ3v) is 3.09. The lowest BCUT2D eigenvalue weighted by Crippen LogP contribution is -2.42. The van der Waals surface area contributed by atoms with Gasteiger partial charge in [0.1, 0.15) is 11.4 Å².